The lowest BCUT2D eigenvalue weighted by Gasteiger charge is -2.25. The van der Waals surface area contributed by atoms with Gasteiger partial charge < -0.3 is 14.8 Å². The number of hydrogen-bond acceptors (Lipinski definition) is 4. The summed E-state index contributed by atoms with van der Waals surface area (Å²) in [5.74, 6) is -0.130. The van der Waals surface area contributed by atoms with Crippen molar-refractivity contribution in [2.45, 2.75) is 25.3 Å². The number of aryl methyl sites for hydroxylation is 1. The number of H-pyrrole nitrogens is 1. The van der Waals surface area contributed by atoms with E-state index in [1.807, 2.05) is 30.3 Å². The lowest BCUT2D eigenvalue weighted by atomic mass is 9.91. The summed E-state index contributed by atoms with van der Waals surface area (Å²) < 4.78 is 5.21. The van der Waals surface area contributed by atoms with Crippen LogP contribution in [0.15, 0.2) is 57.8 Å². The van der Waals surface area contributed by atoms with E-state index in [1.54, 1.807) is 12.1 Å². The van der Waals surface area contributed by atoms with Gasteiger partial charge in [-0.05, 0) is 30.9 Å². The SMILES string of the molecule is O=C(NC1CCCc2[nH]c(=O)ccc21)c1cc(-c2ccccc2)no1. The fourth-order valence-electron chi connectivity index (χ4n) is 3.21. The van der Waals surface area contributed by atoms with Crippen molar-refractivity contribution in [1.29, 1.82) is 0 Å². The average molecular weight is 335 g/mol. The van der Waals surface area contributed by atoms with Gasteiger partial charge in [0.1, 0.15) is 5.69 Å². The van der Waals surface area contributed by atoms with Crippen LogP contribution in [-0.4, -0.2) is 16.0 Å². The zero-order valence-electron chi connectivity index (χ0n) is 13.5. The number of aromatic amines is 1. The topological polar surface area (TPSA) is 88.0 Å². The molecule has 2 aromatic heterocycles. The third kappa shape index (κ3) is 3.10. The Balaban J connectivity index is 1.54. The Labute approximate surface area is 143 Å². The van der Waals surface area contributed by atoms with E-state index in [1.165, 1.54) is 6.07 Å². The Morgan fingerprint density at radius 1 is 1.20 bits per heavy atom. The van der Waals surface area contributed by atoms with E-state index >= 15 is 0 Å². The van der Waals surface area contributed by atoms with E-state index in [-0.39, 0.29) is 23.3 Å². The van der Waals surface area contributed by atoms with Crippen molar-refractivity contribution in [3.8, 4) is 11.3 Å². The molecule has 0 saturated heterocycles. The van der Waals surface area contributed by atoms with Crippen LogP contribution in [0.3, 0.4) is 0 Å². The van der Waals surface area contributed by atoms with Gasteiger partial charge >= 0.3 is 0 Å². The number of nitrogens with zero attached hydrogens (tertiary/aromatic N) is 1. The Morgan fingerprint density at radius 2 is 2.04 bits per heavy atom. The Morgan fingerprint density at radius 3 is 2.88 bits per heavy atom. The molecule has 1 aliphatic carbocycles. The van der Waals surface area contributed by atoms with Gasteiger partial charge in [0, 0.05) is 23.4 Å². The van der Waals surface area contributed by atoms with Crippen LogP contribution in [0.4, 0.5) is 0 Å². The van der Waals surface area contributed by atoms with Gasteiger partial charge in [0.25, 0.3) is 5.91 Å². The molecule has 126 valence electrons. The quantitative estimate of drug-likeness (QED) is 0.770. The highest BCUT2D eigenvalue weighted by molar-refractivity contribution is 5.92. The second kappa shape index (κ2) is 6.39. The second-order valence-electron chi connectivity index (χ2n) is 6.12. The molecule has 0 fully saturated rings. The maximum atomic E-state index is 12.5. The third-order valence-electron chi connectivity index (χ3n) is 4.44. The van der Waals surface area contributed by atoms with E-state index < -0.39 is 0 Å². The highest BCUT2D eigenvalue weighted by Gasteiger charge is 2.24. The lowest BCUT2D eigenvalue weighted by molar-refractivity contribution is 0.0895. The number of amides is 1. The average Bonchev–Trinajstić information content (AvgIpc) is 3.13. The summed E-state index contributed by atoms with van der Waals surface area (Å²) in [5, 5.41) is 6.95. The number of rotatable bonds is 3. The van der Waals surface area contributed by atoms with E-state index in [4.69, 9.17) is 4.52 Å². The molecule has 2 N–H and O–H groups in total. The summed E-state index contributed by atoms with van der Waals surface area (Å²) in [6, 6.07) is 14.3. The van der Waals surface area contributed by atoms with E-state index in [9.17, 15) is 9.59 Å². The lowest BCUT2D eigenvalue weighted by Crippen LogP contribution is -2.32. The molecule has 1 atom stereocenters. The number of benzene rings is 1. The summed E-state index contributed by atoms with van der Waals surface area (Å²) in [7, 11) is 0. The molecule has 0 spiro atoms. The second-order valence-corrected chi connectivity index (χ2v) is 6.12. The van der Waals surface area contributed by atoms with Crippen molar-refractivity contribution in [2.24, 2.45) is 0 Å². The predicted molar refractivity (Wildman–Crippen MR) is 92.1 cm³/mol. The number of carbonyl (C=O) groups excluding carboxylic acids is 1. The molecule has 25 heavy (non-hydrogen) atoms. The molecule has 6 nitrogen and oxygen atoms in total. The van der Waals surface area contributed by atoms with Crippen LogP contribution in [0.5, 0.6) is 0 Å². The molecule has 4 rings (SSSR count). The van der Waals surface area contributed by atoms with Gasteiger partial charge in [0.2, 0.25) is 11.3 Å². The Hall–Kier alpha value is -3.15. The minimum atomic E-state index is -0.307. The van der Waals surface area contributed by atoms with E-state index in [2.05, 4.69) is 15.5 Å². The number of nitrogens with one attached hydrogen (secondary N) is 2. The molecule has 1 aromatic carbocycles. The molecule has 6 heteroatoms. The Kier molecular flexibility index (Phi) is 3.93. The molecule has 1 unspecified atom stereocenters. The number of carbonyl (C=O) groups is 1. The smallest absolute Gasteiger partial charge is 0.290 e. The summed E-state index contributed by atoms with van der Waals surface area (Å²) in [6.45, 7) is 0. The zero-order chi connectivity index (χ0) is 17.2. The first-order valence-corrected chi connectivity index (χ1v) is 8.26. The molecule has 2 heterocycles. The summed E-state index contributed by atoms with van der Waals surface area (Å²) in [4.78, 5) is 26.8. The maximum absolute atomic E-state index is 12.5. The highest BCUT2D eigenvalue weighted by Crippen LogP contribution is 2.28. The van der Waals surface area contributed by atoms with Crippen molar-refractivity contribution < 1.29 is 9.32 Å². The Bertz CT molecular complexity index is 959. The minimum absolute atomic E-state index is 0.117. The molecule has 0 saturated carbocycles. The molecule has 1 aliphatic rings. The van der Waals surface area contributed by atoms with Gasteiger partial charge in [-0.2, -0.15) is 0 Å². The molecule has 0 radical (unpaired) electrons. The van der Waals surface area contributed by atoms with Gasteiger partial charge in [-0.1, -0.05) is 35.5 Å². The van der Waals surface area contributed by atoms with E-state index in [0.29, 0.717) is 5.69 Å². The van der Waals surface area contributed by atoms with Crippen molar-refractivity contribution in [3.05, 3.63) is 75.9 Å². The highest BCUT2D eigenvalue weighted by atomic mass is 16.5. The monoisotopic (exact) mass is 335 g/mol. The first kappa shape index (κ1) is 15.4. The van der Waals surface area contributed by atoms with Crippen LogP contribution in [0, 0.1) is 0 Å². The van der Waals surface area contributed by atoms with Crippen molar-refractivity contribution in [3.63, 3.8) is 0 Å². The number of pyridine rings is 1. The van der Waals surface area contributed by atoms with Gasteiger partial charge in [-0.25, -0.2) is 0 Å². The van der Waals surface area contributed by atoms with Crippen LogP contribution >= 0.6 is 0 Å². The molecule has 1 amide bonds. The molecule has 0 bridgehead atoms. The summed E-state index contributed by atoms with van der Waals surface area (Å²) in [6.07, 6.45) is 2.55. The van der Waals surface area contributed by atoms with Crippen molar-refractivity contribution >= 4 is 5.91 Å². The summed E-state index contributed by atoms with van der Waals surface area (Å²) in [5.41, 5.74) is 3.26. The third-order valence-corrected chi connectivity index (χ3v) is 4.44. The number of aromatic nitrogens is 2. The molecule has 3 aromatic rings. The van der Waals surface area contributed by atoms with Gasteiger partial charge in [0.05, 0.1) is 6.04 Å². The van der Waals surface area contributed by atoms with Crippen LogP contribution in [0.25, 0.3) is 11.3 Å². The van der Waals surface area contributed by atoms with Gasteiger partial charge in [0.15, 0.2) is 0 Å². The number of fused-ring (bicyclic) bond motifs is 1. The maximum Gasteiger partial charge on any atom is 0.290 e. The molecular weight excluding hydrogens is 318 g/mol. The van der Waals surface area contributed by atoms with Crippen molar-refractivity contribution in [1.82, 2.24) is 15.5 Å². The first-order chi connectivity index (χ1) is 12.2. The standard InChI is InChI=1S/C19H17N3O3/c23-18-10-9-13-14(20-18)7-4-8-15(13)21-19(24)17-11-16(22-25-17)12-5-2-1-3-6-12/h1-3,5-6,9-11,15H,4,7-8H2,(H,20,23)(H,21,24). The predicted octanol–water partition coefficient (Wildman–Crippen LogP) is 2.84. The van der Waals surface area contributed by atoms with Crippen molar-refractivity contribution in [2.75, 3.05) is 0 Å². The van der Waals surface area contributed by atoms with Crippen LogP contribution in [0.2, 0.25) is 0 Å². The molecule has 0 aliphatic heterocycles. The van der Waals surface area contributed by atoms with Crippen LogP contribution in [-0.2, 0) is 6.42 Å². The minimum Gasteiger partial charge on any atom is -0.350 e. The van der Waals surface area contributed by atoms with Crippen LogP contribution < -0.4 is 10.9 Å². The number of hydrogen-bond donors (Lipinski definition) is 2. The first-order valence-electron chi connectivity index (χ1n) is 8.26. The van der Waals surface area contributed by atoms with Gasteiger partial charge in [-0.15, -0.1) is 0 Å². The summed E-state index contributed by atoms with van der Waals surface area (Å²) >= 11 is 0. The fraction of sp³-hybridized carbons (Fsp3) is 0.211. The fourth-order valence-corrected chi connectivity index (χ4v) is 3.21. The van der Waals surface area contributed by atoms with Crippen LogP contribution in [0.1, 0.15) is 40.7 Å². The zero-order valence-corrected chi connectivity index (χ0v) is 13.5. The normalized spacial score (nSPS) is 16.2. The van der Waals surface area contributed by atoms with E-state index in [0.717, 1.165) is 36.1 Å². The largest absolute Gasteiger partial charge is 0.350 e. The molecular formula is C19H17N3O3. The van der Waals surface area contributed by atoms with Gasteiger partial charge in [-0.3, -0.25) is 9.59 Å².